The summed E-state index contributed by atoms with van der Waals surface area (Å²) in [5.74, 6) is -0.870. The third-order valence-corrected chi connectivity index (χ3v) is 7.35. The largest absolute Gasteiger partial charge is 0.479 e. The Bertz CT molecular complexity index is 868. The monoisotopic (exact) mass is 449 g/mol. The van der Waals surface area contributed by atoms with Crippen molar-refractivity contribution in [2.75, 3.05) is 26.2 Å². The Balaban J connectivity index is 1.29. The van der Waals surface area contributed by atoms with Crippen LogP contribution in [0.3, 0.4) is 0 Å². The van der Waals surface area contributed by atoms with Crippen LogP contribution >= 0.6 is 0 Å². The molecule has 0 amide bonds. The number of rotatable bonds is 7. The summed E-state index contributed by atoms with van der Waals surface area (Å²) in [6, 6.07) is 9.76. The Labute approximate surface area is 186 Å². The predicted octanol–water partition coefficient (Wildman–Crippen LogP) is 5.31. The van der Waals surface area contributed by atoms with Crippen LogP contribution in [-0.4, -0.2) is 54.0 Å². The van der Waals surface area contributed by atoms with Crippen molar-refractivity contribution in [1.29, 1.82) is 0 Å². The van der Waals surface area contributed by atoms with Gasteiger partial charge in [-0.3, -0.25) is 0 Å². The minimum atomic E-state index is -4.14. The first-order valence-corrected chi connectivity index (χ1v) is 11.3. The van der Waals surface area contributed by atoms with Gasteiger partial charge in [0.15, 0.2) is 5.60 Å². The summed E-state index contributed by atoms with van der Waals surface area (Å²) < 4.78 is 46.3. The van der Waals surface area contributed by atoms with Gasteiger partial charge in [0.05, 0.1) is 12.0 Å². The molecule has 0 bridgehead atoms. The third kappa shape index (κ3) is 4.64. The Hall–Kier alpha value is -2.12. The standard InChI is InChI=1S/C25H30F3NO3/c26-25(27,28)23(11-4-12-23)18-29-15-9-19(10-16-29)17-32-24(22(30)31)13-7-21(8-14-24)20-5-2-1-3-6-20/h1-3,5-8,13,19H,4,9-12,14-18H2,(H,30,31). The zero-order valence-corrected chi connectivity index (χ0v) is 18.1. The van der Waals surface area contributed by atoms with Gasteiger partial charge in [0.25, 0.3) is 0 Å². The number of likely N-dealkylation sites (tertiary alicyclic amines) is 1. The molecule has 4 rings (SSSR count). The number of nitrogens with zero attached hydrogens (tertiary/aromatic N) is 1. The van der Waals surface area contributed by atoms with Crippen LogP contribution in [0.1, 0.15) is 44.1 Å². The highest BCUT2D eigenvalue weighted by Gasteiger charge is 2.58. The van der Waals surface area contributed by atoms with Crippen molar-refractivity contribution in [1.82, 2.24) is 4.90 Å². The van der Waals surface area contributed by atoms with Gasteiger partial charge in [0.2, 0.25) is 0 Å². The quantitative estimate of drug-likeness (QED) is 0.613. The van der Waals surface area contributed by atoms with E-state index < -0.39 is 23.2 Å². The number of ether oxygens (including phenoxy) is 1. The number of hydrogen-bond acceptors (Lipinski definition) is 3. The van der Waals surface area contributed by atoms with Crippen LogP contribution < -0.4 is 0 Å². The van der Waals surface area contributed by atoms with Crippen LogP contribution in [0.15, 0.2) is 48.6 Å². The molecule has 2 fully saturated rings. The lowest BCUT2D eigenvalue weighted by Gasteiger charge is -2.47. The zero-order valence-electron chi connectivity index (χ0n) is 18.1. The molecule has 0 aromatic heterocycles. The van der Waals surface area contributed by atoms with Crippen LogP contribution in [0.2, 0.25) is 0 Å². The molecule has 4 nitrogen and oxygen atoms in total. The molecule has 1 N–H and O–H groups in total. The molecule has 174 valence electrons. The molecule has 1 saturated heterocycles. The normalized spacial score (nSPS) is 26.4. The molecule has 0 spiro atoms. The van der Waals surface area contributed by atoms with Crippen LogP contribution in [0, 0.1) is 11.3 Å². The first kappa shape index (κ1) is 23.1. The summed E-state index contributed by atoms with van der Waals surface area (Å²) in [5.41, 5.74) is -0.923. The fraction of sp³-hybridized carbons (Fsp3) is 0.560. The fourth-order valence-electron chi connectivity index (χ4n) is 4.93. The summed E-state index contributed by atoms with van der Waals surface area (Å²) in [7, 11) is 0. The molecule has 1 atom stereocenters. The van der Waals surface area contributed by atoms with E-state index in [0.717, 1.165) is 24.0 Å². The Morgan fingerprint density at radius 3 is 2.34 bits per heavy atom. The van der Waals surface area contributed by atoms with Crippen molar-refractivity contribution >= 4 is 11.5 Å². The van der Waals surface area contributed by atoms with Crippen molar-refractivity contribution in [2.45, 2.75) is 50.3 Å². The summed E-state index contributed by atoms with van der Waals surface area (Å²) in [6.45, 7) is 1.57. The summed E-state index contributed by atoms with van der Waals surface area (Å²) >= 11 is 0. The second-order valence-electron chi connectivity index (χ2n) is 9.42. The number of benzene rings is 1. The van der Waals surface area contributed by atoms with Gasteiger partial charge in [-0.25, -0.2) is 4.79 Å². The van der Waals surface area contributed by atoms with Crippen LogP contribution in [-0.2, 0) is 9.53 Å². The van der Waals surface area contributed by atoms with Crippen molar-refractivity contribution in [3.63, 3.8) is 0 Å². The summed E-state index contributed by atoms with van der Waals surface area (Å²) in [6.07, 6.45) is 3.96. The van der Waals surface area contributed by atoms with Gasteiger partial charge >= 0.3 is 12.1 Å². The average molecular weight is 450 g/mol. The molecular weight excluding hydrogens is 419 g/mol. The number of piperidine rings is 1. The van der Waals surface area contributed by atoms with Crippen LogP contribution in [0.25, 0.3) is 5.57 Å². The fourth-order valence-corrected chi connectivity index (χ4v) is 4.93. The van der Waals surface area contributed by atoms with Crippen molar-refractivity contribution < 1.29 is 27.8 Å². The van der Waals surface area contributed by atoms with E-state index in [9.17, 15) is 23.1 Å². The lowest BCUT2D eigenvalue weighted by Crippen LogP contribution is -2.53. The maximum absolute atomic E-state index is 13.5. The molecule has 32 heavy (non-hydrogen) atoms. The number of carbonyl (C=O) groups is 1. The number of carboxylic acids is 1. The topological polar surface area (TPSA) is 49.8 Å². The van der Waals surface area contributed by atoms with Crippen molar-refractivity contribution in [3.8, 4) is 0 Å². The Morgan fingerprint density at radius 1 is 1.16 bits per heavy atom. The smallest absolute Gasteiger partial charge is 0.395 e. The number of carboxylic acid groups (broad SMARTS) is 1. The van der Waals surface area contributed by atoms with E-state index in [2.05, 4.69) is 0 Å². The van der Waals surface area contributed by atoms with E-state index in [1.807, 2.05) is 41.3 Å². The molecule has 1 aromatic carbocycles. The maximum Gasteiger partial charge on any atom is 0.395 e. The Morgan fingerprint density at radius 2 is 1.84 bits per heavy atom. The van der Waals surface area contributed by atoms with Gasteiger partial charge in [-0.05, 0) is 61.9 Å². The summed E-state index contributed by atoms with van der Waals surface area (Å²) in [4.78, 5) is 13.9. The average Bonchev–Trinajstić information content (AvgIpc) is 2.75. The van der Waals surface area contributed by atoms with Gasteiger partial charge in [-0.15, -0.1) is 0 Å². The van der Waals surface area contributed by atoms with Crippen molar-refractivity contribution in [2.24, 2.45) is 11.3 Å². The second kappa shape index (κ2) is 9.02. The van der Waals surface area contributed by atoms with Crippen molar-refractivity contribution in [3.05, 3.63) is 54.1 Å². The van der Waals surface area contributed by atoms with E-state index >= 15 is 0 Å². The molecule has 1 heterocycles. The minimum Gasteiger partial charge on any atom is -0.479 e. The van der Waals surface area contributed by atoms with Gasteiger partial charge in [0, 0.05) is 13.0 Å². The number of hydrogen-bond donors (Lipinski definition) is 1. The molecule has 7 heteroatoms. The van der Waals surface area contributed by atoms with E-state index in [4.69, 9.17) is 4.74 Å². The lowest BCUT2D eigenvalue weighted by molar-refractivity contribution is -0.256. The molecule has 1 aliphatic heterocycles. The molecule has 2 aliphatic carbocycles. The van der Waals surface area contributed by atoms with Gasteiger partial charge in [0.1, 0.15) is 0 Å². The third-order valence-electron chi connectivity index (χ3n) is 7.35. The van der Waals surface area contributed by atoms with Gasteiger partial charge in [-0.1, -0.05) is 48.9 Å². The van der Waals surface area contributed by atoms with Crippen LogP contribution in [0.4, 0.5) is 13.2 Å². The first-order chi connectivity index (χ1) is 15.2. The SMILES string of the molecule is O=C(O)C1(OCC2CCN(CC3(C(F)(F)F)CCC3)CC2)C=CC(c2ccccc2)=CC1. The molecule has 1 aromatic rings. The van der Waals surface area contributed by atoms with E-state index in [-0.39, 0.29) is 31.7 Å². The first-order valence-electron chi connectivity index (χ1n) is 11.3. The van der Waals surface area contributed by atoms with E-state index in [0.29, 0.717) is 26.1 Å². The zero-order chi connectivity index (χ0) is 22.8. The van der Waals surface area contributed by atoms with Crippen LogP contribution in [0.5, 0.6) is 0 Å². The maximum atomic E-state index is 13.5. The van der Waals surface area contributed by atoms with E-state index in [1.54, 1.807) is 12.2 Å². The second-order valence-corrected chi connectivity index (χ2v) is 9.42. The highest BCUT2D eigenvalue weighted by atomic mass is 19.4. The predicted molar refractivity (Wildman–Crippen MR) is 116 cm³/mol. The van der Waals surface area contributed by atoms with E-state index in [1.165, 1.54) is 0 Å². The number of halogens is 3. The molecule has 3 aliphatic rings. The molecule has 0 radical (unpaired) electrons. The molecular formula is C25H30F3NO3. The lowest BCUT2D eigenvalue weighted by atomic mass is 9.67. The highest BCUT2D eigenvalue weighted by molar-refractivity contribution is 5.85. The number of allylic oxidation sites excluding steroid dienone is 2. The molecule has 1 saturated carbocycles. The Kier molecular flexibility index (Phi) is 6.50. The number of alkyl halides is 3. The number of aliphatic carboxylic acids is 1. The highest BCUT2D eigenvalue weighted by Crippen LogP contribution is 2.53. The molecule has 1 unspecified atom stereocenters. The van der Waals surface area contributed by atoms with Gasteiger partial charge in [-0.2, -0.15) is 13.2 Å². The summed E-state index contributed by atoms with van der Waals surface area (Å²) in [5, 5.41) is 9.83. The minimum absolute atomic E-state index is 0.0823. The van der Waals surface area contributed by atoms with Gasteiger partial charge < -0.3 is 14.7 Å².